The summed E-state index contributed by atoms with van der Waals surface area (Å²) in [7, 11) is 0. The Morgan fingerprint density at radius 3 is 2.49 bits per heavy atom. The third-order valence-corrected chi connectivity index (χ3v) is 9.95. The topological polar surface area (TPSA) is 72.3 Å². The molecule has 3 unspecified atom stereocenters. The van der Waals surface area contributed by atoms with Gasteiger partial charge in [0.1, 0.15) is 12.1 Å². The molecule has 7 nitrogen and oxygen atoms in total. The summed E-state index contributed by atoms with van der Waals surface area (Å²) in [6.07, 6.45) is 0.295. The van der Waals surface area contributed by atoms with E-state index in [0.717, 1.165) is 36.2 Å². The third-order valence-electron chi connectivity index (χ3n) is 8.89. The normalized spacial score (nSPS) is 19.7. The largest absolute Gasteiger partial charge is 0.573 e. The lowest BCUT2D eigenvalue weighted by Crippen LogP contribution is -2.43. The van der Waals surface area contributed by atoms with Crippen LogP contribution in [0.15, 0.2) is 84.2 Å². The van der Waals surface area contributed by atoms with Crippen molar-refractivity contribution >= 4 is 23.4 Å². The van der Waals surface area contributed by atoms with Gasteiger partial charge in [-0.15, -0.1) is 18.3 Å². The van der Waals surface area contributed by atoms with Gasteiger partial charge in [-0.2, -0.15) is 0 Å². The number of alkyl halides is 3. The van der Waals surface area contributed by atoms with Gasteiger partial charge in [-0.3, -0.25) is 4.79 Å². The minimum Gasteiger partial charge on any atom is -0.406 e. The van der Waals surface area contributed by atoms with Crippen LogP contribution in [0.1, 0.15) is 75.0 Å². The van der Waals surface area contributed by atoms with Gasteiger partial charge < -0.3 is 15.0 Å². The smallest absolute Gasteiger partial charge is 0.406 e. The molecule has 6 rings (SSSR count). The second kappa shape index (κ2) is 13.5. The Hall–Kier alpha value is -4.25. The molecule has 3 aromatic carbocycles. The number of aromatic nitrogens is 3. The van der Waals surface area contributed by atoms with Crippen LogP contribution < -0.4 is 15.0 Å². The first-order valence-electron chi connectivity index (χ1n) is 15.8. The van der Waals surface area contributed by atoms with Gasteiger partial charge >= 0.3 is 6.36 Å². The molecule has 47 heavy (non-hydrogen) atoms. The number of hydrogen-bond acceptors (Lipinski definition) is 6. The Morgan fingerprint density at radius 1 is 1.04 bits per heavy atom. The van der Waals surface area contributed by atoms with Gasteiger partial charge in [0, 0.05) is 23.4 Å². The number of ether oxygens (including phenoxy) is 1. The summed E-state index contributed by atoms with van der Waals surface area (Å²) in [5.41, 5.74) is 7.34. The van der Waals surface area contributed by atoms with Crippen molar-refractivity contribution < 1.29 is 22.7 Å². The summed E-state index contributed by atoms with van der Waals surface area (Å²) in [5, 5.41) is 9.94. The number of allylic oxidation sites excluding steroid dienone is 1. The minimum atomic E-state index is -4.74. The Morgan fingerprint density at radius 2 is 1.79 bits per heavy atom. The van der Waals surface area contributed by atoms with Crippen molar-refractivity contribution in [3.8, 4) is 22.8 Å². The first-order valence-corrected chi connectivity index (χ1v) is 16.8. The average Bonchev–Trinajstić information content (AvgIpc) is 3.77. The number of hydrogen-bond donors (Lipinski definition) is 1. The number of benzene rings is 3. The fourth-order valence-corrected chi connectivity index (χ4v) is 7.79. The maximum atomic E-state index is 13.3. The Labute approximate surface area is 277 Å². The number of anilines is 1. The molecule has 1 fully saturated rings. The van der Waals surface area contributed by atoms with Crippen LogP contribution >= 0.6 is 11.8 Å². The van der Waals surface area contributed by atoms with Crippen LogP contribution in [0.5, 0.6) is 5.75 Å². The number of nitrogens with one attached hydrogen (secondary N) is 1. The minimum absolute atomic E-state index is 0.0829. The highest BCUT2D eigenvalue weighted by Crippen LogP contribution is 2.42. The van der Waals surface area contributed by atoms with Gasteiger partial charge in [0.25, 0.3) is 0 Å². The highest BCUT2D eigenvalue weighted by molar-refractivity contribution is 8.03. The Bertz CT molecular complexity index is 1750. The van der Waals surface area contributed by atoms with Crippen molar-refractivity contribution in [3.05, 3.63) is 101 Å². The molecule has 0 spiro atoms. The highest BCUT2D eigenvalue weighted by atomic mass is 32.2. The molecule has 2 aliphatic rings. The van der Waals surface area contributed by atoms with Gasteiger partial charge in [0.15, 0.2) is 11.3 Å². The van der Waals surface area contributed by atoms with E-state index in [0.29, 0.717) is 35.7 Å². The summed E-state index contributed by atoms with van der Waals surface area (Å²) in [6, 6.07) is 20.0. The molecule has 11 heteroatoms. The Balaban J connectivity index is 1.04. The van der Waals surface area contributed by atoms with E-state index in [-0.39, 0.29) is 17.2 Å². The number of thioether (sulfide) groups is 1. The number of amides is 1. The van der Waals surface area contributed by atoms with E-state index in [4.69, 9.17) is 0 Å². The number of nitrogens with zero attached hydrogens (tertiary/aromatic N) is 4. The third kappa shape index (κ3) is 7.51. The van der Waals surface area contributed by atoms with Crippen LogP contribution in [0.25, 0.3) is 17.1 Å². The van der Waals surface area contributed by atoms with E-state index < -0.39 is 6.36 Å². The van der Waals surface area contributed by atoms with E-state index in [9.17, 15) is 18.0 Å². The molecule has 1 saturated carbocycles. The highest BCUT2D eigenvalue weighted by Gasteiger charge is 2.33. The fourth-order valence-electron chi connectivity index (χ4n) is 6.75. The zero-order valence-corrected chi connectivity index (χ0v) is 27.6. The number of carbonyl (C=O) groups excluding carboxylic acids is 1. The predicted octanol–water partition coefficient (Wildman–Crippen LogP) is 9.05. The molecular weight excluding hydrogens is 623 g/mol. The Kier molecular flexibility index (Phi) is 9.36. The van der Waals surface area contributed by atoms with Crippen LogP contribution in [0.4, 0.5) is 18.9 Å². The monoisotopic (exact) mass is 661 g/mol. The van der Waals surface area contributed by atoms with Crippen molar-refractivity contribution in [2.24, 2.45) is 5.92 Å². The lowest BCUT2D eigenvalue weighted by atomic mass is 9.94. The quantitative estimate of drug-likeness (QED) is 0.193. The van der Waals surface area contributed by atoms with Gasteiger partial charge in [-0.25, -0.2) is 9.67 Å². The number of rotatable bonds is 9. The van der Waals surface area contributed by atoms with Crippen LogP contribution in [0, 0.1) is 12.8 Å². The SMILES string of the molecule is CC1=CSC(NC(=O)CC2CCC(c3ccc(-c4ncn(-c5ccc(OC(F)(F)F)cc5)n4)cc3)C2)N1c1cccc(C)c1C(C)C. The lowest BCUT2D eigenvalue weighted by Gasteiger charge is -2.32. The first-order chi connectivity index (χ1) is 22.4. The van der Waals surface area contributed by atoms with Crippen LogP contribution in [-0.2, 0) is 4.79 Å². The summed E-state index contributed by atoms with van der Waals surface area (Å²) in [6.45, 7) is 8.67. The molecule has 0 bridgehead atoms. The molecular formula is C36H38F3N5O2S. The van der Waals surface area contributed by atoms with E-state index in [2.05, 4.69) is 88.5 Å². The summed E-state index contributed by atoms with van der Waals surface area (Å²) < 4.78 is 42.8. The maximum Gasteiger partial charge on any atom is 0.573 e. The van der Waals surface area contributed by atoms with Crippen molar-refractivity contribution in [2.75, 3.05) is 4.90 Å². The maximum absolute atomic E-state index is 13.3. The average molecular weight is 662 g/mol. The molecule has 4 aromatic rings. The number of aryl methyl sites for hydroxylation is 1. The molecule has 246 valence electrons. The fraction of sp³-hybridized carbons (Fsp3) is 0.361. The molecule has 1 aliphatic heterocycles. The molecule has 3 atom stereocenters. The molecule has 1 amide bonds. The first kappa shape index (κ1) is 32.7. The van der Waals surface area contributed by atoms with Gasteiger partial charge in [0.05, 0.1) is 5.69 Å². The van der Waals surface area contributed by atoms with Crippen molar-refractivity contribution in [1.82, 2.24) is 20.1 Å². The van der Waals surface area contributed by atoms with E-state index in [1.54, 1.807) is 11.8 Å². The molecule has 2 heterocycles. The number of carbonyl (C=O) groups is 1. The molecule has 0 saturated heterocycles. The molecule has 1 aromatic heterocycles. The zero-order valence-electron chi connectivity index (χ0n) is 26.8. The van der Waals surface area contributed by atoms with Crippen LogP contribution in [0.3, 0.4) is 0 Å². The van der Waals surface area contributed by atoms with Crippen molar-refractivity contribution in [1.29, 1.82) is 0 Å². The molecule has 1 aliphatic carbocycles. The van der Waals surface area contributed by atoms with Gasteiger partial charge in [-0.1, -0.05) is 62.0 Å². The van der Waals surface area contributed by atoms with Gasteiger partial charge in [-0.05, 0) is 103 Å². The zero-order chi connectivity index (χ0) is 33.3. The standard InChI is InChI=1S/C36H38F3N5O2S/c1-22(2)33-23(3)6-5-7-31(33)44-24(4)20-47-35(44)41-32(45)19-25-8-9-28(18-25)26-10-12-27(13-11-26)34-40-21-43(42-34)29-14-16-30(17-15-29)46-36(37,38)39/h5-7,10-17,20-22,25,28,35H,8-9,18-19H2,1-4H3,(H,41,45). The van der Waals surface area contributed by atoms with Crippen LogP contribution in [0.2, 0.25) is 0 Å². The second-order valence-electron chi connectivity index (χ2n) is 12.6. The van der Waals surface area contributed by atoms with Crippen LogP contribution in [-0.4, -0.2) is 32.5 Å². The van der Waals surface area contributed by atoms with Gasteiger partial charge in [0.2, 0.25) is 5.91 Å². The number of halogens is 3. The van der Waals surface area contributed by atoms with E-state index in [1.165, 1.54) is 52.0 Å². The molecule has 0 radical (unpaired) electrons. The van der Waals surface area contributed by atoms with E-state index in [1.807, 2.05) is 12.1 Å². The van der Waals surface area contributed by atoms with E-state index >= 15 is 0 Å². The molecule has 1 N–H and O–H groups in total. The predicted molar refractivity (Wildman–Crippen MR) is 179 cm³/mol. The van der Waals surface area contributed by atoms with Crippen molar-refractivity contribution in [2.45, 2.75) is 77.1 Å². The lowest BCUT2D eigenvalue weighted by molar-refractivity contribution is -0.274. The second-order valence-corrected chi connectivity index (χ2v) is 13.6. The summed E-state index contributed by atoms with van der Waals surface area (Å²) in [4.78, 5) is 20.0. The summed E-state index contributed by atoms with van der Waals surface area (Å²) in [5.74, 6) is 1.38. The van der Waals surface area contributed by atoms with Crippen molar-refractivity contribution in [3.63, 3.8) is 0 Å². The summed E-state index contributed by atoms with van der Waals surface area (Å²) >= 11 is 1.64.